The number of aromatic nitrogens is 2. The molecule has 13 heteroatoms. The van der Waals surface area contributed by atoms with Gasteiger partial charge in [-0.05, 0) is 41.8 Å². The minimum Gasteiger partial charge on any atom is -0.452 e. The van der Waals surface area contributed by atoms with Crippen molar-refractivity contribution in [2.45, 2.75) is 38.3 Å². The maximum atomic E-state index is 13.8. The Morgan fingerprint density at radius 3 is 2.38 bits per heavy atom. The number of hydrogen-bond donors (Lipinski definition) is 2. The summed E-state index contributed by atoms with van der Waals surface area (Å²) in [4.78, 5) is 28.6. The van der Waals surface area contributed by atoms with Gasteiger partial charge in [-0.3, -0.25) is 13.9 Å². The largest absolute Gasteiger partial charge is 0.573 e. The molecule has 0 radical (unpaired) electrons. The highest BCUT2D eigenvalue weighted by molar-refractivity contribution is 6.30. The lowest BCUT2D eigenvalue weighted by atomic mass is 10.1. The molecule has 2 heterocycles. The van der Waals surface area contributed by atoms with Crippen LogP contribution in [0.5, 0.6) is 11.5 Å². The Hall–Kier alpha value is -4.42. The number of nitrogens with zero attached hydrogens (tertiary/aromatic N) is 3. The second-order valence-electron chi connectivity index (χ2n) is 9.60. The summed E-state index contributed by atoms with van der Waals surface area (Å²) in [6, 6.07) is 20.7. The SMILES string of the molecule is Cn1c2c(c(=O)n(CCC(O)c3ccccc3)c1=O)N(Cc1ccc(Cl)cc1)C(Oc1cccc(OC(F)(F)F)c1)N2. The molecule has 0 saturated heterocycles. The van der Waals surface area contributed by atoms with Crippen LogP contribution in [0.4, 0.5) is 24.7 Å². The summed E-state index contributed by atoms with van der Waals surface area (Å²) in [7, 11) is 1.48. The van der Waals surface area contributed by atoms with Crippen LogP contribution in [0, 0.1) is 0 Å². The Bertz CT molecular complexity index is 1680. The van der Waals surface area contributed by atoms with Crippen molar-refractivity contribution >= 4 is 23.1 Å². The predicted octanol–water partition coefficient (Wildman–Crippen LogP) is 5.02. The average Bonchev–Trinajstić information content (AvgIpc) is 3.30. The van der Waals surface area contributed by atoms with Gasteiger partial charge in [0.15, 0.2) is 0 Å². The van der Waals surface area contributed by atoms with Crippen LogP contribution >= 0.6 is 11.6 Å². The van der Waals surface area contributed by atoms with E-state index in [4.69, 9.17) is 16.3 Å². The van der Waals surface area contributed by atoms with Gasteiger partial charge in [0.2, 0.25) is 0 Å². The van der Waals surface area contributed by atoms with Crippen molar-refractivity contribution in [1.29, 1.82) is 0 Å². The predicted molar refractivity (Wildman–Crippen MR) is 151 cm³/mol. The van der Waals surface area contributed by atoms with Gasteiger partial charge in [-0.1, -0.05) is 60.1 Å². The monoisotopic (exact) mass is 602 g/mol. The van der Waals surface area contributed by atoms with Crippen LogP contribution in [0.15, 0.2) is 88.5 Å². The van der Waals surface area contributed by atoms with Crippen molar-refractivity contribution < 1.29 is 27.8 Å². The molecule has 0 spiro atoms. The number of benzene rings is 3. The van der Waals surface area contributed by atoms with E-state index in [-0.39, 0.29) is 36.8 Å². The van der Waals surface area contributed by atoms with Gasteiger partial charge >= 0.3 is 12.1 Å². The molecule has 0 saturated carbocycles. The second-order valence-corrected chi connectivity index (χ2v) is 10.0. The number of nitrogens with one attached hydrogen (secondary N) is 1. The summed E-state index contributed by atoms with van der Waals surface area (Å²) in [5.74, 6) is -0.280. The summed E-state index contributed by atoms with van der Waals surface area (Å²) in [5, 5.41) is 14.2. The Labute approximate surface area is 242 Å². The van der Waals surface area contributed by atoms with Gasteiger partial charge in [-0.2, -0.15) is 0 Å². The molecule has 5 rings (SSSR count). The molecule has 1 aliphatic heterocycles. The fraction of sp³-hybridized carbons (Fsp3) is 0.241. The van der Waals surface area contributed by atoms with Crippen LogP contribution in [0.1, 0.15) is 23.7 Å². The van der Waals surface area contributed by atoms with Crippen molar-refractivity contribution in [3.8, 4) is 11.5 Å². The van der Waals surface area contributed by atoms with E-state index in [0.29, 0.717) is 10.6 Å². The van der Waals surface area contributed by atoms with Crippen LogP contribution in [-0.4, -0.2) is 27.0 Å². The van der Waals surface area contributed by atoms with Crippen LogP contribution in [0.25, 0.3) is 0 Å². The van der Waals surface area contributed by atoms with Gasteiger partial charge in [0.05, 0.1) is 6.10 Å². The minimum atomic E-state index is -4.89. The number of halogens is 4. The molecule has 3 aromatic carbocycles. The summed E-state index contributed by atoms with van der Waals surface area (Å²) in [6.07, 6.45) is -6.77. The third-order valence-electron chi connectivity index (χ3n) is 6.72. The fourth-order valence-electron chi connectivity index (χ4n) is 4.69. The van der Waals surface area contributed by atoms with Crippen LogP contribution in [0.2, 0.25) is 5.02 Å². The molecule has 0 aliphatic carbocycles. The number of aliphatic hydroxyl groups is 1. The van der Waals surface area contributed by atoms with E-state index in [0.717, 1.165) is 22.3 Å². The highest BCUT2D eigenvalue weighted by Gasteiger charge is 2.37. The first-order valence-corrected chi connectivity index (χ1v) is 13.2. The Kier molecular flexibility index (Phi) is 8.19. The molecule has 42 heavy (non-hydrogen) atoms. The molecule has 0 amide bonds. The molecule has 0 fully saturated rings. The van der Waals surface area contributed by atoms with E-state index in [9.17, 15) is 27.9 Å². The first kappa shape index (κ1) is 29.1. The second kappa shape index (κ2) is 11.8. The number of hydrogen-bond acceptors (Lipinski definition) is 7. The molecule has 2 N–H and O–H groups in total. The van der Waals surface area contributed by atoms with E-state index in [1.54, 1.807) is 53.4 Å². The molecule has 0 bridgehead atoms. The normalized spacial score (nSPS) is 15.2. The number of rotatable bonds is 9. The zero-order valence-corrected chi connectivity index (χ0v) is 23.0. The van der Waals surface area contributed by atoms with Gasteiger partial charge in [0.1, 0.15) is 23.0 Å². The topological polar surface area (TPSA) is 98.0 Å². The van der Waals surface area contributed by atoms with Crippen molar-refractivity contribution in [2.24, 2.45) is 7.05 Å². The number of ether oxygens (including phenoxy) is 2. The molecule has 4 aromatic rings. The molecular weight excluding hydrogens is 577 g/mol. The van der Waals surface area contributed by atoms with Gasteiger partial charge in [0.25, 0.3) is 11.9 Å². The third kappa shape index (κ3) is 6.39. The van der Waals surface area contributed by atoms with Crippen LogP contribution in [-0.2, 0) is 20.1 Å². The Balaban J connectivity index is 1.49. The van der Waals surface area contributed by atoms with Crippen molar-refractivity contribution in [3.05, 3.63) is 116 Å². The lowest BCUT2D eigenvalue weighted by Crippen LogP contribution is -2.43. The van der Waals surface area contributed by atoms with Gasteiger partial charge < -0.3 is 24.8 Å². The van der Waals surface area contributed by atoms with Crippen molar-refractivity contribution in [1.82, 2.24) is 9.13 Å². The van der Waals surface area contributed by atoms with Gasteiger partial charge in [-0.15, -0.1) is 13.2 Å². The Morgan fingerprint density at radius 2 is 1.69 bits per heavy atom. The quantitative estimate of drug-likeness (QED) is 0.278. The maximum Gasteiger partial charge on any atom is 0.573 e. The van der Waals surface area contributed by atoms with Crippen molar-refractivity contribution in [2.75, 3.05) is 10.2 Å². The summed E-state index contributed by atoms with van der Waals surface area (Å²) in [5.41, 5.74) is 0.291. The zero-order valence-electron chi connectivity index (χ0n) is 22.2. The number of aliphatic hydroxyl groups excluding tert-OH is 1. The van der Waals surface area contributed by atoms with E-state index >= 15 is 0 Å². The molecular formula is C29H26ClF3N4O5. The summed E-state index contributed by atoms with van der Waals surface area (Å²) in [6.45, 7) is 0.0621. The molecule has 9 nitrogen and oxygen atoms in total. The van der Waals surface area contributed by atoms with Crippen molar-refractivity contribution in [3.63, 3.8) is 0 Å². The van der Waals surface area contributed by atoms with E-state index in [2.05, 4.69) is 10.1 Å². The first-order valence-electron chi connectivity index (χ1n) is 12.9. The van der Waals surface area contributed by atoms with Gasteiger partial charge in [0, 0.05) is 31.2 Å². The molecule has 2 unspecified atom stereocenters. The van der Waals surface area contributed by atoms with E-state index in [1.807, 2.05) is 6.07 Å². The molecule has 220 valence electrons. The lowest BCUT2D eigenvalue weighted by Gasteiger charge is -2.27. The standard InChI is InChI=1S/C29H26ClF3N4O5/c1-35-25-24(26(39)36(28(35)40)15-14-23(38)19-6-3-2-4-7-19)37(17-18-10-12-20(30)13-11-18)27(34-25)41-21-8-5-9-22(16-21)42-29(31,32)33/h2-13,16,23,27,34,38H,14-15,17H2,1H3. The molecule has 1 aliphatic rings. The number of anilines is 2. The smallest absolute Gasteiger partial charge is 0.452 e. The maximum absolute atomic E-state index is 13.8. The van der Waals surface area contributed by atoms with Crippen LogP contribution in [0.3, 0.4) is 0 Å². The third-order valence-corrected chi connectivity index (χ3v) is 6.97. The zero-order chi connectivity index (χ0) is 30.0. The lowest BCUT2D eigenvalue weighted by molar-refractivity contribution is -0.274. The first-order chi connectivity index (χ1) is 20.0. The molecule has 1 aromatic heterocycles. The van der Waals surface area contributed by atoms with Gasteiger partial charge in [-0.25, -0.2) is 4.79 Å². The fourth-order valence-corrected chi connectivity index (χ4v) is 4.82. The summed E-state index contributed by atoms with van der Waals surface area (Å²) < 4.78 is 50.7. The number of alkyl halides is 3. The molecule has 2 atom stereocenters. The highest BCUT2D eigenvalue weighted by Crippen LogP contribution is 2.34. The summed E-state index contributed by atoms with van der Waals surface area (Å²) >= 11 is 6.04. The van der Waals surface area contributed by atoms with E-state index < -0.39 is 35.8 Å². The van der Waals surface area contributed by atoms with E-state index in [1.165, 1.54) is 23.7 Å². The van der Waals surface area contributed by atoms with Crippen LogP contribution < -0.4 is 30.9 Å². The average molecular weight is 603 g/mol. The highest BCUT2D eigenvalue weighted by atomic mass is 35.5. The number of fused-ring (bicyclic) bond motifs is 1. The Morgan fingerprint density at radius 1 is 1.00 bits per heavy atom. The minimum absolute atomic E-state index is 0.0273.